The Balaban J connectivity index is 2.29. The molecule has 0 aromatic heterocycles. The Morgan fingerprint density at radius 3 is 2.45 bits per heavy atom. The number of hydrogen-bond donors (Lipinski definition) is 1. The number of nitrogens with two attached hydrogens (primary N) is 1. The summed E-state index contributed by atoms with van der Waals surface area (Å²) in [6.45, 7) is 3.62. The summed E-state index contributed by atoms with van der Waals surface area (Å²) in [4.78, 5) is 23.2. The third-order valence-electron chi connectivity index (χ3n) is 5.42. The maximum absolute atomic E-state index is 12.4. The topological polar surface area (TPSA) is 97.5 Å². The Morgan fingerprint density at radius 2 is 2.05 bits per heavy atom. The van der Waals surface area contributed by atoms with Crippen LogP contribution in [0.15, 0.2) is 0 Å². The molecule has 20 heavy (non-hydrogen) atoms. The Labute approximate surface area is 119 Å². The number of primary amides is 1. The summed E-state index contributed by atoms with van der Waals surface area (Å²) >= 11 is 0. The maximum Gasteiger partial charge on any atom is 0.232 e. The Kier molecular flexibility index (Phi) is 3.49. The lowest BCUT2D eigenvalue weighted by Crippen LogP contribution is -2.47. The molecule has 0 aromatic rings. The van der Waals surface area contributed by atoms with Gasteiger partial charge in [0, 0.05) is 18.9 Å². The van der Waals surface area contributed by atoms with Gasteiger partial charge in [-0.1, -0.05) is 13.8 Å². The van der Waals surface area contributed by atoms with Gasteiger partial charge in [-0.2, -0.15) is 4.31 Å². The predicted molar refractivity (Wildman–Crippen MR) is 74.2 cm³/mol. The number of sulfonamides is 1. The van der Waals surface area contributed by atoms with Gasteiger partial charge < -0.3 is 5.73 Å². The molecule has 2 N–H and O–H groups in total. The van der Waals surface area contributed by atoms with E-state index >= 15 is 0 Å². The quantitative estimate of drug-likeness (QED) is 0.780. The molecular weight excluding hydrogens is 280 g/mol. The van der Waals surface area contributed by atoms with Gasteiger partial charge in [0.05, 0.1) is 12.3 Å². The van der Waals surface area contributed by atoms with Crippen LogP contribution in [0.2, 0.25) is 0 Å². The van der Waals surface area contributed by atoms with Gasteiger partial charge in [0.15, 0.2) is 0 Å². The third kappa shape index (κ3) is 2.07. The molecule has 2 bridgehead atoms. The van der Waals surface area contributed by atoms with E-state index in [0.717, 1.165) is 10.7 Å². The number of hydrogen-bond acceptors (Lipinski definition) is 4. The highest BCUT2D eigenvalue weighted by Gasteiger charge is 2.65. The zero-order valence-corrected chi connectivity index (χ0v) is 13.0. The first-order valence-corrected chi connectivity index (χ1v) is 8.39. The largest absolute Gasteiger partial charge is 0.369 e. The number of carbonyl (C=O) groups is 2. The van der Waals surface area contributed by atoms with E-state index in [2.05, 4.69) is 0 Å². The fourth-order valence-electron chi connectivity index (χ4n) is 3.85. The van der Waals surface area contributed by atoms with Gasteiger partial charge in [0.1, 0.15) is 5.78 Å². The fourth-order valence-corrected chi connectivity index (χ4v) is 5.69. The number of fused-ring (bicyclic) bond motifs is 2. The van der Waals surface area contributed by atoms with Crippen LogP contribution in [0.4, 0.5) is 0 Å². The van der Waals surface area contributed by atoms with E-state index < -0.39 is 21.3 Å². The van der Waals surface area contributed by atoms with Crippen LogP contribution in [0.1, 0.15) is 33.1 Å². The molecule has 0 aliphatic heterocycles. The monoisotopic (exact) mass is 302 g/mol. The average molecular weight is 302 g/mol. The molecular formula is C13H22N2O4S. The number of amides is 1. The van der Waals surface area contributed by atoms with Crippen molar-refractivity contribution in [1.82, 2.24) is 4.31 Å². The Bertz CT molecular complexity index is 555. The summed E-state index contributed by atoms with van der Waals surface area (Å²) in [6.07, 6.45) is 1.99. The van der Waals surface area contributed by atoms with E-state index in [-0.39, 0.29) is 29.4 Å². The Morgan fingerprint density at radius 1 is 1.45 bits per heavy atom. The highest BCUT2D eigenvalue weighted by Crippen LogP contribution is 2.64. The minimum absolute atomic E-state index is 0.0507. The summed E-state index contributed by atoms with van der Waals surface area (Å²) in [7, 11) is -2.35. The first-order chi connectivity index (χ1) is 9.03. The number of rotatable bonds is 5. The number of Topliss-reactive ketones (excluding diaryl/α,β-unsaturated/α-hetero) is 1. The van der Waals surface area contributed by atoms with Crippen molar-refractivity contribution >= 4 is 21.7 Å². The molecule has 0 unspecified atom stereocenters. The smallest absolute Gasteiger partial charge is 0.232 e. The van der Waals surface area contributed by atoms with Crippen molar-refractivity contribution in [3.05, 3.63) is 0 Å². The van der Waals surface area contributed by atoms with Crippen LogP contribution in [-0.4, -0.2) is 43.8 Å². The van der Waals surface area contributed by atoms with Gasteiger partial charge in [-0.15, -0.1) is 0 Å². The van der Waals surface area contributed by atoms with E-state index in [1.807, 2.05) is 13.8 Å². The second kappa shape index (κ2) is 4.53. The standard InChI is InChI=1S/C13H22N2O4S/c1-12(2)9-4-5-13(12,10(16)6-9)8-20(18,19)15(3)7-11(14)17/h9H,4-8H2,1-3H3,(H2,14,17)/t9-,13-/m1/s1. The van der Waals surface area contributed by atoms with Crippen molar-refractivity contribution in [3.63, 3.8) is 0 Å². The molecule has 6 nitrogen and oxygen atoms in total. The summed E-state index contributed by atoms with van der Waals surface area (Å²) in [5, 5.41) is 0. The van der Waals surface area contributed by atoms with Crippen molar-refractivity contribution in [2.24, 2.45) is 22.5 Å². The molecule has 0 heterocycles. The maximum atomic E-state index is 12.4. The average Bonchev–Trinajstić information content (AvgIpc) is 2.61. The molecule has 7 heteroatoms. The first-order valence-electron chi connectivity index (χ1n) is 6.78. The molecule has 0 spiro atoms. The van der Waals surface area contributed by atoms with Crippen LogP contribution in [0.3, 0.4) is 0 Å². The van der Waals surface area contributed by atoms with Gasteiger partial charge in [-0.3, -0.25) is 9.59 Å². The molecule has 2 rings (SSSR count). The van der Waals surface area contributed by atoms with Crippen LogP contribution < -0.4 is 5.73 Å². The Hall–Kier alpha value is -0.950. The normalized spacial score (nSPS) is 32.0. The molecule has 2 atom stereocenters. The SMILES string of the molecule is CN(CC(N)=O)S(=O)(=O)C[C@]12CC[C@H](CC1=O)C2(C)C. The molecule has 0 radical (unpaired) electrons. The van der Waals surface area contributed by atoms with Crippen LogP contribution in [-0.2, 0) is 19.6 Å². The fraction of sp³-hybridized carbons (Fsp3) is 0.846. The number of likely N-dealkylation sites (N-methyl/N-ethyl adjacent to an activating group) is 1. The molecule has 2 aliphatic carbocycles. The van der Waals surface area contributed by atoms with Crippen LogP contribution >= 0.6 is 0 Å². The van der Waals surface area contributed by atoms with Gasteiger partial charge in [0.25, 0.3) is 0 Å². The summed E-state index contributed by atoms with van der Waals surface area (Å²) in [5.74, 6) is -0.595. The molecule has 2 saturated carbocycles. The van der Waals surface area contributed by atoms with Crippen molar-refractivity contribution in [2.75, 3.05) is 19.3 Å². The number of ketones is 1. The minimum Gasteiger partial charge on any atom is -0.369 e. The highest BCUT2D eigenvalue weighted by molar-refractivity contribution is 7.89. The molecule has 114 valence electrons. The first kappa shape index (κ1) is 15.4. The predicted octanol–water partition coefficient (Wildman–Crippen LogP) is 0.129. The number of carbonyl (C=O) groups excluding carboxylic acids is 2. The van der Waals surface area contributed by atoms with Crippen molar-refractivity contribution in [1.29, 1.82) is 0 Å². The van der Waals surface area contributed by atoms with Crippen molar-refractivity contribution in [3.8, 4) is 0 Å². The van der Waals surface area contributed by atoms with E-state index in [9.17, 15) is 18.0 Å². The second-order valence-electron chi connectivity index (χ2n) is 6.65. The molecule has 0 aromatic carbocycles. The lowest BCUT2D eigenvalue weighted by atomic mass is 9.70. The van der Waals surface area contributed by atoms with Crippen LogP contribution in [0.5, 0.6) is 0 Å². The van der Waals surface area contributed by atoms with Gasteiger partial charge in [-0.25, -0.2) is 8.42 Å². The molecule has 1 amide bonds. The third-order valence-corrected chi connectivity index (χ3v) is 7.36. The summed E-state index contributed by atoms with van der Waals surface area (Å²) < 4.78 is 25.8. The minimum atomic E-state index is -3.67. The van der Waals surface area contributed by atoms with Crippen molar-refractivity contribution < 1.29 is 18.0 Å². The molecule has 2 fully saturated rings. The van der Waals surface area contributed by atoms with Gasteiger partial charge >= 0.3 is 0 Å². The summed E-state index contributed by atoms with van der Waals surface area (Å²) in [5.41, 5.74) is 3.94. The van der Waals surface area contributed by atoms with Crippen molar-refractivity contribution in [2.45, 2.75) is 33.1 Å². The zero-order valence-electron chi connectivity index (χ0n) is 12.2. The molecule has 2 aliphatic rings. The zero-order chi connectivity index (χ0) is 15.3. The van der Waals surface area contributed by atoms with E-state index in [4.69, 9.17) is 5.73 Å². The van der Waals surface area contributed by atoms with Gasteiger partial charge in [-0.05, 0) is 24.2 Å². The van der Waals surface area contributed by atoms with E-state index in [1.54, 1.807) is 0 Å². The summed E-state index contributed by atoms with van der Waals surface area (Å²) in [6, 6.07) is 0. The molecule has 0 saturated heterocycles. The van der Waals surface area contributed by atoms with Crippen LogP contribution in [0.25, 0.3) is 0 Å². The number of nitrogens with zero attached hydrogens (tertiary/aromatic N) is 1. The van der Waals surface area contributed by atoms with Gasteiger partial charge in [0.2, 0.25) is 15.9 Å². The van der Waals surface area contributed by atoms with E-state index in [1.165, 1.54) is 7.05 Å². The lowest BCUT2D eigenvalue weighted by Gasteiger charge is -2.37. The second-order valence-corrected chi connectivity index (χ2v) is 8.72. The highest BCUT2D eigenvalue weighted by atomic mass is 32.2. The van der Waals surface area contributed by atoms with E-state index in [0.29, 0.717) is 12.8 Å². The lowest BCUT2D eigenvalue weighted by molar-refractivity contribution is -0.128. The van der Waals surface area contributed by atoms with Crippen LogP contribution in [0, 0.1) is 16.7 Å².